The minimum atomic E-state index is -0.591. The summed E-state index contributed by atoms with van der Waals surface area (Å²) in [5.74, 6) is 0. The highest BCUT2D eigenvalue weighted by molar-refractivity contribution is 7.00. The van der Waals surface area contributed by atoms with E-state index in [1.165, 1.54) is 10.8 Å². The number of aromatic nitrogens is 2. The van der Waals surface area contributed by atoms with Gasteiger partial charge in [-0.25, -0.2) is 0 Å². The van der Waals surface area contributed by atoms with Crippen molar-refractivity contribution in [3.63, 3.8) is 0 Å². The zero-order valence-corrected chi connectivity index (χ0v) is 65.2. The molecule has 0 unspecified atom stereocenters. The van der Waals surface area contributed by atoms with E-state index in [2.05, 4.69) is 345 Å². The fourth-order valence-corrected chi connectivity index (χ4v) is 19.3. The molecule has 2 aliphatic heterocycles. The quantitative estimate of drug-likeness (QED) is 0.121. The number of benzene rings is 18. The Hall–Kier alpha value is -15.2. The fraction of sp³-hybridized carbons (Fsp3) is 0.0357. The fourth-order valence-electron chi connectivity index (χ4n) is 19.3. The second kappa shape index (κ2) is 26.7. The Morgan fingerprint density at radius 3 is 1.15 bits per heavy atom. The predicted molar refractivity (Wildman–Crippen MR) is 500 cm³/mol. The lowest BCUT2D eigenvalue weighted by Gasteiger charge is -2.46. The number of nitrogens with zero attached hydrogens (tertiary/aromatic N) is 4. The molecule has 2 aliphatic rings. The van der Waals surface area contributed by atoms with Crippen molar-refractivity contribution >= 4 is 145 Å². The van der Waals surface area contributed by atoms with Gasteiger partial charge in [-0.15, -0.1) is 0 Å². The Balaban J connectivity index is 0.880. The SMILES string of the molecule is [2H]c1c([2H])c([2H])c2c(c1[2H])c1c([2H])c([2H])c([2H])c([2H])c1n2-c1ccc2c(c1)N(c1c(-c3ccccc3)cc(-c3ccccc3)cc1-c1cccc3oc4ccccc4c13)c1cc(C(C)(C)C)cc3c1B2c1ccc(-c2ccc(-n4c5ccccc5c5ccccc54)cc2)cc1N3c1c(-c2ccccc2)cc(-c2ccccc2)cc1-c1cccc2oc3ccccc3c12. The molecule has 18 aromatic carbocycles. The second-order valence-corrected chi connectivity index (χ2v) is 32.4. The number of para-hydroxylation sites is 6. The van der Waals surface area contributed by atoms with Gasteiger partial charge in [-0.1, -0.05) is 306 Å². The minimum Gasteiger partial charge on any atom is -0.456 e. The van der Waals surface area contributed by atoms with Gasteiger partial charge in [0.1, 0.15) is 22.3 Å². The normalized spacial score (nSPS) is 13.6. The zero-order chi connectivity index (χ0) is 85.7. The molecule has 0 spiro atoms. The van der Waals surface area contributed by atoms with E-state index < -0.39 is 60.5 Å². The summed E-state index contributed by atoms with van der Waals surface area (Å²) in [6.07, 6.45) is 0. The molecule has 4 aromatic heterocycles. The van der Waals surface area contributed by atoms with E-state index in [4.69, 9.17) is 8.83 Å². The van der Waals surface area contributed by atoms with Crippen LogP contribution in [-0.4, -0.2) is 15.8 Å². The summed E-state index contributed by atoms with van der Waals surface area (Å²) < 4.78 is 94.8. The van der Waals surface area contributed by atoms with E-state index >= 15 is 0 Å². The lowest BCUT2D eigenvalue weighted by atomic mass is 9.33. The van der Waals surface area contributed by atoms with E-state index in [1.54, 1.807) is 4.57 Å². The first-order chi connectivity index (χ1) is 62.0. The monoisotopic (exact) mass is 1530 g/mol. The maximum Gasteiger partial charge on any atom is 0.252 e. The highest BCUT2D eigenvalue weighted by atomic mass is 16.3. The van der Waals surface area contributed by atoms with E-state index in [1.807, 2.05) is 42.5 Å². The maximum absolute atomic E-state index is 10.0. The van der Waals surface area contributed by atoms with Gasteiger partial charge in [-0.05, 0) is 198 Å². The molecular formula is C112H75BN4O2. The van der Waals surface area contributed by atoms with E-state index in [0.717, 1.165) is 183 Å². The third kappa shape index (κ3) is 10.7. The van der Waals surface area contributed by atoms with Crippen LogP contribution in [0.3, 0.4) is 0 Å². The molecule has 24 rings (SSSR count). The van der Waals surface area contributed by atoms with Gasteiger partial charge in [0, 0.05) is 99.5 Å². The van der Waals surface area contributed by atoms with Gasteiger partial charge < -0.3 is 27.8 Å². The van der Waals surface area contributed by atoms with Crippen molar-refractivity contribution in [3.8, 4) is 89.3 Å². The van der Waals surface area contributed by atoms with Gasteiger partial charge in [0.2, 0.25) is 0 Å². The van der Waals surface area contributed by atoms with Gasteiger partial charge >= 0.3 is 0 Å². The average molecular weight is 1530 g/mol. The third-order valence-electron chi connectivity index (χ3n) is 24.7. The first kappa shape index (κ1) is 60.4. The Labute approximate surface area is 700 Å². The lowest BCUT2D eigenvalue weighted by molar-refractivity contribution is 0.590. The number of fused-ring (bicyclic) bond motifs is 16. The average Bonchev–Trinajstić information content (AvgIpc) is 1.51. The number of furan rings is 2. The molecule has 0 N–H and O–H groups in total. The summed E-state index contributed by atoms with van der Waals surface area (Å²) in [5, 5.41) is 6.15. The molecule has 6 heterocycles. The number of rotatable bonds is 11. The molecule has 6 nitrogen and oxygen atoms in total. The number of hydrogen-bond donors (Lipinski definition) is 0. The van der Waals surface area contributed by atoms with Gasteiger partial charge in [0.15, 0.2) is 0 Å². The van der Waals surface area contributed by atoms with Crippen LogP contribution in [-0.2, 0) is 5.41 Å². The lowest BCUT2D eigenvalue weighted by Crippen LogP contribution is -2.61. The first-order valence-corrected chi connectivity index (χ1v) is 40.6. The van der Waals surface area contributed by atoms with Crippen LogP contribution in [0.15, 0.2) is 409 Å². The topological polar surface area (TPSA) is 42.6 Å². The molecular weight excluding hydrogens is 1440 g/mol. The number of anilines is 6. The van der Waals surface area contributed by atoms with Crippen LogP contribution in [0.25, 0.3) is 177 Å². The van der Waals surface area contributed by atoms with Crippen molar-refractivity contribution in [1.29, 1.82) is 0 Å². The summed E-state index contributed by atoms with van der Waals surface area (Å²) in [6.45, 7) is 6.26. The standard InChI is InChI=1S/C112H75BN4O2/c1-112(2,3)78-67-101-109-102(68-78)117(111-90(74-36-14-7-15-37-74)63-77(71-32-10-5-11-33-71)65-92(111)86-45-29-53-106-108(86)88-43-21-27-51-104(88)119-106)100-69-80(115-97-48-24-18-40-83(97)84-41-19-25-49-98(84)115)59-61-94(100)113(109)93-60-56-75(72-54-57-79(58-55-72)114-95-46-22-16-38-81(95)82-39-17-23-47-96(82)114)66-99(93)116(101)110-89(73-34-12-6-13-35-73)62-76(70-30-8-4-9-31-70)64-91(110)85-44-28-52-105-107(85)87-42-20-26-50-103(87)118-105/h4-69H,1-3H3/i18D,19D,24D,25D,40D,41D,48D,49D. The molecule has 0 saturated carbocycles. The van der Waals surface area contributed by atoms with Gasteiger partial charge in [-0.3, -0.25) is 0 Å². The largest absolute Gasteiger partial charge is 0.456 e. The molecule has 22 aromatic rings. The Morgan fingerprint density at radius 1 is 0.269 bits per heavy atom. The molecule has 0 amide bonds. The van der Waals surface area contributed by atoms with Crippen molar-refractivity contribution in [1.82, 2.24) is 9.13 Å². The number of hydrogen-bond acceptors (Lipinski definition) is 4. The van der Waals surface area contributed by atoms with Crippen molar-refractivity contribution < 1.29 is 19.8 Å². The molecule has 558 valence electrons. The second-order valence-electron chi connectivity index (χ2n) is 32.4. The van der Waals surface area contributed by atoms with Crippen LogP contribution in [0.4, 0.5) is 34.1 Å². The molecule has 0 atom stereocenters. The molecule has 0 bridgehead atoms. The highest BCUT2D eigenvalue weighted by Crippen LogP contribution is 2.58. The van der Waals surface area contributed by atoms with Crippen molar-refractivity contribution in [2.24, 2.45) is 0 Å². The molecule has 7 heteroatoms. The highest BCUT2D eigenvalue weighted by Gasteiger charge is 2.47. The van der Waals surface area contributed by atoms with Crippen LogP contribution >= 0.6 is 0 Å². The van der Waals surface area contributed by atoms with E-state index in [-0.39, 0.29) is 21.8 Å². The van der Waals surface area contributed by atoms with E-state index in [9.17, 15) is 11.0 Å². The maximum atomic E-state index is 10.0. The summed E-state index contributed by atoms with van der Waals surface area (Å²) in [4.78, 5) is 5.05. The predicted octanol–water partition coefficient (Wildman–Crippen LogP) is 28.7. The van der Waals surface area contributed by atoms with Crippen LogP contribution in [0, 0.1) is 0 Å². The molecule has 0 aliphatic carbocycles. The Morgan fingerprint density at radius 2 is 0.655 bits per heavy atom. The summed E-state index contributed by atoms with van der Waals surface area (Å²) in [7, 11) is 0. The zero-order valence-electron chi connectivity index (χ0n) is 73.2. The van der Waals surface area contributed by atoms with Crippen LogP contribution in [0.2, 0.25) is 0 Å². The molecule has 0 saturated heterocycles. The molecule has 0 fully saturated rings. The van der Waals surface area contributed by atoms with Crippen molar-refractivity contribution in [2.75, 3.05) is 9.80 Å². The van der Waals surface area contributed by atoms with Crippen molar-refractivity contribution in [3.05, 3.63) is 406 Å². The van der Waals surface area contributed by atoms with Gasteiger partial charge in [-0.2, -0.15) is 0 Å². The Kier molecular flexibility index (Phi) is 13.5. The smallest absolute Gasteiger partial charge is 0.252 e. The van der Waals surface area contributed by atoms with Gasteiger partial charge in [0.25, 0.3) is 6.71 Å². The Bertz CT molecular complexity index is 8300. The summed E-state index contributed by atoms with van der Waals surface area (Å²) in [6, 6.07) is 122. The molecule has 119 heavy (non-hydrogen) atoms. The first-order valence-electron chi connectivity index (χ1n) is 44.6. The van der Waals surface area contributed by atoms with Crippen LogP contribution in [0.1, 0.15) is 37.3 Å². The van der Waals surface area contributed by atoms with Gasteiger partial charge in [0.05, 0.1) is 44.4 Å². The third-order valence-corrected chi connectivity index (χ3v) is 24.7. The van der Waals surface area contributed by atoms with Crippen molar-refractivity contribution in [2.45, 2.75) is 26.2 Å². The van der Waals surface area contributed by atoms with E-state index in [0.29, 0.717) is 17.0 Å². The summed E-state index contributed by atoms with van der Waals surface area (Å²) >= 11 is 0. The molecule has 0 radical (unpaired) electrons. The summed E-state index contributed by atoms with van der Waals surface area (Å²) in [5.41, 5.74) is 28.6. The van der Waals surface area contributed by atoms with Crippen LogP contribution in [0.5, 0.6) is 0 Å². The van der Waals surface area contributed by atoms with Crippen LogP contribution < -0.4 is 26.2 Å². The minimum absolute atomic E-state index is 0.0142.